The lowest BCUT2D eigenvalue weighted by Gasteiger charge is -2.35. The lowest BCUT2D eigenvalue weighted by molar-refractivity contribution is 0.670. The fourth-order valence-electron chi connectivity index (χ4n) is 11.0. The molecule has 12 aromatic rings. The molecule has 0 saturated carbocycles. The lowest BCUT2D eigenvalue weighted by Crippen LogP contribution is -2.28. The molecular formula is C67H45NO. The standard InChI is InChI=1S/C67H45NO/c1-5-17-46(18-6-1)48-29-31-51(32-30-48)65-57(43-44-61-60-26-14-16-28-64(60)69-66(61)65)50-35-39-55(40-36-50)68(54-37-33-49(34-38-54)47-19-7-2-8-20-47)56-41-42-59-58-25-13-15-27-62(58)67(63(59)45-56,52-21-9-3-10-22-52)53-23-11-4-12-24-53/h1-45H. The molecule has 1 aliphatic carbocycles. The van der Waals surface area contributed by atoms with Gasteiger partial charge in [0.1, 0.15) is 11.2 Å². The van der Waals surface area contributed by atoms with E-state index in [-0.39, 0.29) is 0 Å². The summed E-state index contributed by atoms with van der Waals surface area (Å²) in [6, 6.07) is 99.1. The van der Waals surface area contributed by atoms with Crippen LogP contribution >= 0.6 is 0 Å². The van der Waals surface area contributed by atoms with Crippen LogP contribution in [0.3, 0.4) is 0 Å². The zero-order valence-electron chi connectivity index (χ0n) is 37.8. The van der Waals surface area contributed by atoms with Crippen LogP contribution in [0.15, 0.2) is 277 Å². The third-order valence-electron chi connectivity index (χ3n) is 14.2. The second-order valence-corrected chi connectivity index (χ2v) is 18.0. The van der Waals surface area contributed by atoms with Crippen molar-refractivity contribution < 1.29 is 4.42 Å². The van der Waals surface area contributed by atoms with Crippen molar-refractivity contribution in [3.8, 4) is 55.6 Å². The van der Waals surface area contributed by atoms with Crippen LogP contribution in [0.2, 0.25) is 0 Å². The number of hydrogen-bond donors (Lipinski definition) is 0. The van der Waals surface area contributed by atoms with E-state index in [4.69, 9.17) is 4.42 Å². The van der Waals surface area contributed by atoms with E-state index in [1.807, 2.05) is 6.07 Å². The molecule has 13 rings (SSSR count). The smallest absolute Gasteiger partial charge is 0.143 e. The predicted molar refractivity (Wildman–Crippen MR) is 287 cm³/mol. The van der Waals surface area contributed by atoms with Gasteiger partial charge >= 0.3 is 0 Å². The minimum absolute atomic E-state index is 0.526. The highest BCUT2D eigenvalue weighted by molar-refractivity contribution is 6.13. The molecule has 0 atom stereocenters. The van der Waals surface area contributed by atoms with Crippen molar-refractivity contribution in [1.82, 2.24) is 0 Å². The van der Waals surface area contributed by atoms with Crippen LogP contribution in [0.1, 0.15) is 22.3 Å². The minimum Gasteiger partial charge on any atom is -0.455 e. The van der Waals surface area contributed by atoms with Crippen molar-refractivity contribution in [2.45, 2.75) is 5.41 Å². The summed E-state index contributed by atoms with van der Waals surface area (Å²) < 4.78 is 6.77. The van der Waals surface area contributed by atoms with Crippen LogP contribution in [0.25, 0.3) is 77.6 Å². The normalized spacial score (nSPS) is 12.5. The molecule has 1 aromatic heterocycles. The number of hydrogen-bond acceptors (Lipinski definition) is 2. The zero-order valence-corrected chi connectivity index (χ0v) is 37.8. The fourth-order valence-corrected chi connectivity index (χ4v) is 11.0. The van der Waals surface area contributed by atoms with Crippen LogP contribution in [-0.4, -0.2) is 0 Å². The Morgan fingerprint density at radius 3 is 1.36 bits per heavy atom. The molecule has 0 amide bonds. The SMILES string of the molecule is c1ccc(-c2ccc(-c3c(-c4ccc(N(c5ccc(-c6ccccc6)cc5)c5ccc6c(c5)C(c5ccccc5)(c5ccccc5)c5ccccc5-6)cc4)ccc4c3oc3ccccc34)cc2)cc1. The average molecular weight is 880 g/mol. The Morgan fingerprint density at radius 2 is 0.739 bits per heavy atom. The first-order chi connectivity index (χ1) is 34.2. The molecule has 0 N–H and O–H groups in total. The first kappa shape index (κ1) is 40.3. The summed E-state index contributed by atoms with van der Waals surface area (Å²) in [4.78, 5) is 2.41. The van der Waals surface area contributed by atoms with Crippen LogP contribution in [0.5, 0.6) is 0 Å². The topological polar surface area (TPSA) is 16.4 Å². The molecule has 0 saturated heterocycles. The molecule has 0 radical (unpaired) electrons. The summed E-state index contributed by atoms with van der Waals surface area (Å²) in [5.41, 5.74) is 21.2. The molecule has 0 fully saturated rings. The number of para-hydroxylation sites is 1. The maximum atomic E-state index is 6.77. The highest BCUT2D eigenvalue weighted by Crippen LogP contribution is 2.57. The van der Waals surface area contributed by atoms with Crippen molar-refractivity contribution in [2.24, 2.45) is 0 Å². The molecule has 0 aliphatic heterocycles. The second-order valence-electron chi connectivity index (χ2n) is 18.0. The second kappa shape index (κ2) is 16.7. The monoisotopic (exact) mass is 879 g/mol. The summed E-state index contributed by atoms with van der Waals surface area (Å²) in [5.74, 6) is 0. The summed E-state index contributed by atoms with van der Waals surface area (Å²) in [5, 5.41) is 2.23. The van der Waals surface area contributed by atoms with Gasteiger partial charge in [-0.05, 0) is 121 Å². The Labute approximate surface area is 402 Å². The van der Waals surface area contributed by atoms with Crippen molar-refractivity contribution in [3.05, 3.63) is 295 Å². The molecule has 69 heavy (non-hydrogen) atoms. The number of nitrogens with zero attached hydrogens (tertiary/aromatic N) is 1. The van der Waals surface area contributed by atoms with Gasteiger partial charge in [0.05, 0.1) is 5.41 Å². The number of rotatable bonds is 9. The van der Waals surface area contributed by atoms with E-state index >= 15 is 0 Å². The Hall–Kier alpha value is -8.98. The molecule has 1 heterocycles. The molecule has 2 heteroatoms. The highest BCUT2D eigenvalue weighted by atomic mass is 16.3. The molecular weight excluding hydrogens is 835 g/mol. The van der Waals surface area contributed by atoms with Gasteiger partial charge in [0.25, 0.3) is 0 Å². The van der Waals surface area contributed by atoms with Gasteiger partial charge in [0, 0.05) is 33.4 Å². The average Bonchev–Trinajstić information content (AvgIpc) is 3.96. The van der Waals surface area contributed by atoms with E-state index in [0.717, 1.165) is 61.3 Å². The fraction of sp³-hybridized carbons (Fsp3) is 0.0149. The largest absolute Gasteiger partial charge is 0.455 e. The Bertz CT molecular complexity index is 3740. The van der Waals surface area contributed by atoms with Crippen LogP contribution < -0.4 is 4.90 Å². The van der Waals surface area contributed by atoms with Crippen molar-refractivity contribution >= 4 is 39.0 Å². The first-order valence-electron chi connectivity index (χ1n) is 23.7. The summed E-state index contributed by atoms with van der Waals surface area (Å²) in [6.07, 6.45) is 0. The highest BCUT2D eigenvalue weighted by Gasteiger charge is 2.46. The number of benzene rings is 11. The Balaban J connectivity index is 0.980. The van der Waals surface area contributed by atoms with Gasteiger partial charge in [-0.2, -0.15) is 0 Å². The molecule has 11 aromatic carbocycles. The van der Waals surface area contributed by atoms with Gasteiger partial charge in [-0.1, -0.05) is 224 Å². The minimum atomic E-state index is -0.526. The zero-order chi connectivity index (χ0) is 45.7. The van der Waals surface area contributed by atoms with E-state index in [0.29, 0.717) is 0 Å². The van der Waals surface area contributed by atoms with Crippen molar-refractivity contribution in [1.29, 1.82) is 0 Å². The van der Waals surface area contributed by atoms with Crippen molar-refractivity contribution in [3.63, 3.8) is 0 Å². The quantitative estimate of drug-likeness (QED) is 0.144. The van der Waals surface area contributed by atoms with Gasteiger partial charge < -0.3 is 9.32 Å². The molecule has 1 aliphatic rings. The predicted octanol–water partition coefficient (Wildman–Crippen LogP) is 18.1. The van der Waals surface area contributed by atoms with Gasteiger partial charge in [-0.15, -0.1) is 0 Å². The van der Waals surface area contributed by atoms with Gasteiger partial charge in [0.2, 0.25) is 0 Å². The van der Waals surface area contributed by atoms with Gasteiger partial charge in [-0.3, -0.25) is 0 Å². The third kappa shape index (κ3) is 6.72. The Kier molecular flexibility index (Phi) is 9.77. The number of anilines is 3. The summed E-state index contributed by atoms with van der Waals surface area (Å²) in [6.45, 7) is 0. The van der Waals surface area contributed by atoms with E-state index in [1.165, 1.54) is 55.6 Å². The van der Waals surface area contributed by atoms with E-state index in [1.54, 1.807) is 0 Å². The molecule has 2 nitrogen and oxygen atoms in total. The Morgan fingerprint density at radius 1 is 0.290 bits per heavy atom. The molecule has 0 spiro atoms. The first-order valence-corrected chi connectivity index (χ1v) is 23.7. The van der Waals surface area contributed by atoms with E-state index < -0.39 is 5.41 Å². The maximum Gasteiger partial charge on any atom is 0.143 e. The van der Waals surface area contributed by atoms with E-state index in [9.17, 15) is 0 Å². The van der Waals surface area contributed by atoms with Crippen molar-refractivity contribution in [2.75, 3.05) is 4.90 Å². The van der Waals surface area contributed by atoms with Gasteiger partial charge in [-0.25, -0.2) is 0 Å². The van der Waals surface area contributed by atoms with Crippen LogP contribution in [0.4, 0.5) is 17.1 Å². The molecule has 0 unspecified atom stereocenters. The third-order valence-corrected chi connectivity index (χ3v) is 14.2. The molecule has 324 valence electrons. The lowest BCUT2D eigenvalue weighted by atomic mass is 9.67. The molecule has 0 bridgehead atoms. The van der Waals surface area contributed by atoms with Crippen LogP contribution in [0, 0.1) is 0 Å². The van der Waals surface area contributed by atoms with Gasteiger partial charge in [0.15, 0.2) is 0 Å². The number of furan rings is 1. The maximum absolute atomic E-state index is 6.77. The van der Waals surface area contributed by atoms with E-state index in [2.05, 4.69) is 272 Å². The summed E-state index contributed by atoms with van der Waals surface area (Å²) in [7, 11) is 0. The summed E-state index contributed by atoms with van der Waals surface area (Å²) >= 11 is 0. The van der Waals surface area contributed by atoms with Crippen LogP contribution in [-0.2, 0) is 5.41 Å². The number of fused-ring (bicyclic) bond motifs is 6.